The zero-order chi connectivity index (χ0) is 14.9. The maximum atomic E-state index is 13.3. The van der Waals surface area contributed by atoms with E-state index in [1.54, 1.807) is 6.07 Å². The maximum absolute atomic E-state index is 13.3. The van der Waals surface area contributed by atoms with Crippen molar-refractivity contribution in [3.05, 3.63) is 51.0 Å². The first-order valence-electron chi connectivity index (χ1n) is 5.55. The van der Waals surface area contributed by atoms with Crippen molar-refractivity contribution in [2.75, 3.05) is 7.11 Å². The van der Waals surface area contributed by atoms with Crippen molar-refractivity contribution >= 4 is 34.8 Å². The minimum atomic E-state index is -2.72. The van der Waals surface area contributed by atoms with Gasteiger partial charge in [-0.25, -0.2) is 8.78 Å². The molecule has 0 spiro atoms. The van der Waals surface area contributed by atoms with E-state index in [-0.39, 0.29) is 26.9 Å². The monoisotopic (exact) mass is 336 g/mol. The van der Waals surface area contributed by atoms with E-state index in [1.165, 1.54) is 31.4 Å². The standard InChI is InChI=1S/C14H9Cl3F2O/c1-20-11-4-2-3-8(13(11)14(18)19)12-9(16)5-7(15)6-10(12)17/h2-6,14H,1H3. The molecule has 0 aliphatic carbocycles. The summed E-state index contributed by atoms with van der Waals surface area (Å²) in [6, 6.07) is 7.49. The Labute approximate surface area is 130 Å². The Bertz CT molecular complexity index is 621. The van der Waals surface area contributed by atoms with Gasteiger partial charge in [0.2, 0.25) is 0 Å². The molecule has 0 heterocycles. The third-order valence-corrected chi connectivity index (χ3v) is 3.59. The quantitative estimate of drug-likeness (QED) is 0.642. The Balaban J connectivity index is 2.76. The summed E-state index contributed by atoms with van der Waals surface area (Å²) in [6.45, 7) is 0. The van der Waals surface area contributed by atoms with E-state index >= 15 is 0 Å². The number of halogens is 5. The molecule has 0 aliphatic rings. The van der Waals surface area contributed by atoms with Crippen molar-refractivity contribution < 1.29 is 13.5 Å². The predicted molar refractivity (Wildman–Crippen MR) is 78.4 cm³/mol. The van der Waals surface area contributed by atoms with Crippen molar-refractivity contribution in [1.82, 2.24) is 0 Å². The van der Waals surface area contributed by atoms with Gasteiger partial charge in [0.25, 0.3) is 6.43 Å². The molecule has 0 N–H and O–H groups in total. The van der Waals surface area contributed by atoms with Gasteiger partial charge in [-0.3, -0.25) is 0 Å². The van der Waals surface area contributed by atoms with E-state index in [4.69, 9.17) is 39.5 Å². The molecule has 0 saturated heterocycles. The SMILES string of the molecule is COc1cccc(-c2c(Cl)cc(Cl)cc2Cl)c1C(F)F. The fraction of sp³-hybridized carbons (Fsp3) is 0.143. The van der Waals surface area contributed by atoms with Crippen LogP contribution in [0.2, 0.25) is 15.1 Å². The van der Waals surface area contributed by atoms with E-state index < -0.39 is 6.43 Å². The highest BCUT2D eigenvalue weighted by Gasteiger charge is 2.22. The Morgan fingerprint density at radius 2 is 1.65 bits per heavy atom. The predicted octanol–water partition coefficient (Wildman–Crippen LogP) is 6.26. The number of ether oxygens (including phenoxy) is 1. The highest BCUT2D eigenvalue weighted by Crippen LogP contribution is 2.44. The zero-order valence-corrected chi connectivity index (χ0v) is 12.5. The summed E-state index contributed by atoms with van der Waals surface area (Å²) in [7, 11) is 1.33. The Hall–Kier alpha value is -1.03. The fourth-order valence-electron chi connectivity index (χ4n) is 1.96. The molecular weight excluding hydrogens is 329 g/mol. The lowest BCUT2D eigenvalue weighted by Gasteiger charge is -2.15. The largest absolute Gasteiger partial charge is 0.496 e. The lowest BCUT2D eigenvalue weighted by molar-refractivity contribution is 0.148. The maximum Gasteiger partial charge on any atom is 0.268 e. The van der Waals surface area contributed by atoms with Crippen molar-refractivity contribution in [1.29, 1.82) is 0 Å². The number of hydrogen-bond acceptors (Lipinski definition) is 1. The summed E-state index contributed by atoms with van der Waals surface area (Å²) in [4.78, 5) is 0. The number of rotatable bonds is 3. The normalized spacial score (nSPS) is 10.9. The minimum Gasteiger partial charge on any atom is -0.496 e. The van der Waals surface area contributed by atoms with Crippen LogP contribution in [0.4, 0.5) is 8.78 Å². The molecule has 20 heavy (non-hydrogen) atoms. The molecular formula is C14H9Cl3F2O. The molecule has 0 aromatic heterocycles. The minimum absolute atomic E-state index is 0.0829. The van der Waals surface area contributed by atoms with Crippen LogP contribution in [0.1, 0.15) is 12.0 Å². The van der Waals surface area contributed by atoms with E-state index in [1.807, 2.05) is 0 Å². The molecule has 0 aliphatic heterocycles. The number of methoxy groups -OCH3 is 1. The second-order valence-electron chi connectivity index (χ2n) is 3.97. The Kier molecular flexibility index (Phi) is 4.74. The highest BCUT2D eigenvalue weighted by atomic mass is 35.5. The van der Waals surface area contributed by atoms with E-state index in [0.29, 0.717) is 10.6 Å². The van der Waals surface area contributed by atoms with Gasteiger partial charge in [0, 0.05) is 10.6 Å². The van der Waals surface area contributed by atoms with Gasteiger partial charge >= 0.3 is 0 Å². The topological polar surface area (TPSA) is 9.23 Å². The summed E-state index contributed by atoms with van der Waals surface area (Å²) in [5.41, 5.74) is 0.291. The third kappa shape index (κ3) is 2.85. The van der Waals surface area contributed by atoms with Gasteiger partial charge < -0.3 is 4.74 Å². The average molecular weight is 338 g/mol. The molecule has 2 rings (SSSR count). The van der Waals surface area contributed by atoms with Gasteiger partial charge in [-0.15, -0.1) is 0 Å². The molecule has 106 valence electrons. The van der Waals surface area contributed by atoms with E-state index in [2.05, 4.69) is 0 Å². The molecule has 1 nitrogen and oxygen atoms in total. The molecule has 2 aromatic carbocycles. The Morgan fingerprint density at radius 3 is 2.15 bits per heavy atom. The highest BCUT2D eigenvalue weighted by molar-refractivity contribution is 6.41. The van der Waals surface area contributed by atoms with Gasteiger partial charge in [0.15, 0.2) is 0 Å². The lowest BCUT2D eigenvalue weighted by atomic mass is 9.99. The van der Waals surface area contributed by atoms with E-state index in [9.17, 15) is 8.78 Å². The number of benzene rings is 2. The van der Waals surface area contributed by atoms with Crippen LogP contribution in [0, 0.1) is 0 Å². The van der Waals surface area contributed by atoms with Crippen LogP contribution in [-0.2, 0) is 0 Å². The van der Waals surface area contributed by atoms with Crippen molar-refractivity contribution in [3.8, 4) is 16.9 Å². The molecule has 0 saturated carbocycles. The fourth-order valence-corrected chi connectivity index (χ4v) is 2.99. The van der Waals surface area contributed by atoms with Gasteiger partial charge in [-0.05, 0) is 23.8 Å². The molecule has 0 atom stereocenters. The summed E-state index contributed by atoms with van der Waals surface area (Å²) < 4.78 is 31.6. The van der Waals surface area contributed by atoms with Crippen LogP contribution in [-0.4, -0.2) is 7.11 Å². The summed E-state index contributed by atoms with van der Waals surface area (Å²) in [6.07, 6.45) is -2.72. The molecule has 0 bridgehead atoms. The van der Waals surface area contributed by atoms with Crippen LogP contribution in [0.3, 0.4) is 0 Å². The summed E-state index contributed by atoms with van der Waals surface area (Å²) in [5, 5.41) is 0.751. The van der Waals surface area contributed by atoms with Crippen LogP contribution >= 0.6 is 34.8 Å². The molecule has 6 heteroatoms. The van der Waals surface area contributed by atoms with Gasteiger partial charge in [0.05, 0.1) is 22.7 Å². The molecule has 2 aromatic rings. The Morgan fingerprint density at radius 1 is 1.05 bits per heavy atom. The molecule has 0 amide bonds. The average Bonchev–Trinajstić information content (AvgIpc) is 2.36. The van der Waals surface area contributed by atoms with Crippen molar-refractivity contribution in [2.45, 2.75) is 6.43 Å². The summed E-state index contributed by atoms with van der Waals surface area (Å²) in [5.74, 6) is 0.0829. The second kappa shape index (κ2) is 6.17. The van der Waals surface area contributed by atoms with Crippen LogP contribution in [0.25, 0.3) is 11.1 Å². The smallest absolute Gasteiger partial charge is 0.268 e. The number of hydrogen-bond donors (Lipinski definition) is 0. The first kappa shape index (κ1) is 15.4. The molecule has 0 unspecified atom stereocenters. The van der Waals surface area contributed by atoms with Crippen molar-refractivity contribution in [3.63, 3.8) is 0 Å². The third-order valence-electron chi connectivity index (χ3n) is 2.78. The first-order chi connectivity index (χ1) is 9.45. The van der Waals surface area contributed by atoms with Gasteiger partial charge in [0.1, 0.15) is 5.75 Å². The van der Waals surface area contributed by atoms with Crippen LogP contribution in [0.5, 0.6) is 5.75 Å². The second-order valence-corrected chi connectivity index (χ2v) is 5.22. The zero-order valence-electron chi connectivity index (χ0n) is 10.3. The van der Waals surface area contributed by atoms with E-state index in [0.717, 1.165) is 0 Å². The van der Waals surface area contributed by atoms with Gasteiger partial charge in [-0.2, -0.15) is 0 Å². The van der Waals surface area contributed by atoms with Crippen LogP contribution in [0.15, 0.2) is 30.3 Å². The van der Waals surface area contributed by atoms with Crippen LogP contribution < -0.4 is 4.74 Å². The van der Waals surface area contributed by atoms with Crippen molar-refractivity contribution in [2.24, 2.45) is 0 Å². The molecule has 0 radical (unpaired) electrons. The lowest BCUT2D eigenvalue weighted by Crippen LogP contribution is -1.97. The molecule has 0 fully saturated rings. The summed E-state index contributed by atoms with van der Waals surface area (Å²) >= 11 is 18.0. The van der Waals surface area contributed by atoms with Gasteiger partial charge in [-0.1, -0.05) is 46.9 Å². The number of alkyl halides is 2. The first-order valence-corrected chi connectivity index (χ1v) is 6.69.